The van der Waals surface area contributed by atoms with Gasteiger partial charge in [-0.3, -0.25) is 14.8 Å². The molecule has 3 unspecified atom stereocenters. The van der Waals surface area contributed by atoms with Gasteiger partial charge in [0.2, 0.25) is 5.95 Å². The average molecular weight is 357 g/mol. The number of carbonyl (C=O) groups is 2. The van der Waals surface area contributed by atoms with Gasteiger partial charge in [-0.2, -0.15) is 0 Å². The third kappa shape index (κ3) is 5.14. The molecule has 0 aromatic carbocycles. The van der Waals surface area contributed by atoms with Gasteiger partial charge in [-0.25, -0.2) is 15.4 Å². The first-order chi connectivity index (χ1) is 12.4. The first kappa shape index (κ1) is 19.1. The number of hydrogen-bond donors (Lipinski definition) is 5. The van der Waals surface area contributed by atoms with Gasteiger partial charge >= 0.3 is 0 Å². The number of nitrogen functional groups attached to an aromatic ring is 1. The molecule has 9 nitrogen and oxygen atoms in total. The van der Waals surface area contributed by atoms with E-state index in [0.29, 0.717) is 17.6 Å². The summed E-state index contributed by atoms with van der Waals surface area (Å²) in [5.74, 6) is 4.62. The van der Waals surface area contributed by atoms with Gasteiger partial charge in [-0.15, -0.1) is 0 Å². The van der Waals surface area contributed by atoms with Gasteiger partial charge in [0.05, 0.1) is 11.7 Å². The first-order valence-electron chi connectivity index (χ1n) is 7.81. The topological polar surface area (TPSA) is 150 Å². The van der Waals surface area contributed by atoms with Crippen LogP contribution in [0.25, 0.3) is 0 Å². The molecule has 0 saturated carbocycles. The molecule has 2 amide bonds. The van der Waals surface area contributed by atoms with Crippen molar-refractivity contribution < 1.29 is 19.9 Å². The van der Waals surface area contributed by atoms with Crippen LogP contribution in [-0.4, -0.2) is 44.2 Å². The standard InChI is InChI=1S/C17H19N5O4/c1-10(23)14(16(25)22-26)21-15(24)13-6-4-11(5-7-13)2-3-12-8-19-17(18)20-9-12/h4,6-11,14,23,26H,5H2,1H3,(H,21,24)(H,22,25)(H2,18,19,20). The number of aromatic nitrogens is 2. The lowest BCUT2D eigenvalue weighted by atomic mass is 9.96. The molecule has 1 heterocycles. The molecular weight excluding hydrogens is 338 g/mol. The van der Waals surface area contributed by atoms with E-state index in [-0.39, 0.29) is 11.9 Å². The lowest BCUT2D eigenvalue weighted by molar-refractivity contribution is -0.136. The molecule has 6 N–H and O–H groups in total. The molecule has 1 aliphatic rings. The van der Waals surface area contributed by atoms with Gasteiger partial charge in [-0.05, 0) is 13.3 Å². The van der Waals surface area contributed by atoms with Crippen molar-refractivity contribution in [3.8, 4) is 11.8 Å². The van der Waals surface area contributed by atoms with Crippen LogP contribution in [0.15, 0.2) is 36.2 Å². The number of aliphatic hydroxyl groups excluding tert-OH is 1. The molecule has 9 heteroatoms. The van der Waals surface area contributed by atoms with E-state index in [1.807, 2.05) is 0 Å². The minimum atomic E-state index is -1.26. The van der Waals surface area contributed by atoms with E-state index in [9.17, 15) is 14.7 Å². The number of anilines is 1. The molecule has 2 rings (SSSR count). The molecule has 0 bridgehead atoms. The first-order valence-corrected chi connectivity index (χ1v) is 7.81. The van der Waals surface area contributed by atoms with Crippen LogP contribution in [0.3, 0.4) is 0 Å². The van der Waals surface area contributed by atoms with Crippen LogP contribution in [0.2, 0.25) is 0 Å². The Morgan fingerprint density at radius 1 is 1.38 bits per heavy atom. The van der Waals surface area contributed by atoms with Crippen molar-refractivity contribution in [1.29, 1.82) is 0 Å². The summed E-state index contributed by atoms with van der Waals surface area (Å²) in [5, 5.41) is 20.6. The van der Waals surface area contributed by atoms with Gasteiger partial charge in [0.25, 0.3) is 11.8 Å². The Bertz CT molecular complexity index is 790. The Morgan fingerprint density at radius 2 is 2.08 bits per heavy atom. The second-order valence-corrected chi connectivity index (χ2v) is 5.63. The monoisotopic (exact) mass is 357 g/mol. The highest BCUT2D eigenvalue weighted by molar-refractivity contribution is 5.99. The maximum Gasteiger partial charge on any atom is 0.268 e. The molecule has 136 valence electrons. The summed E-state index contributed by atoms with van der Waals surface area (Å²) in [7, 11) is 0. The number of carbonyl (C=O) groups excluding carboxylic acids is 2. The fraction of sp³-hybridized carbons (Fsp3) is 0.294. The minimum Gasteiger partial charge on any atom is -0.391 e. The number of nitrogens with zero attached hydrogens (tertiary/aromatic N) is 2. The van der Waals surface area contributed by atoms with E-state index < -0.39 is 24.0 Å². The number of rotatable bonds is 4. The number of hydrogen-bond acceptors (Lipinski definition) is 7. The van der Waals surface area contributed by atoms with Crippen molar-refractivity contribution in [2.75, 3.05) is 5.73 Å². The third-order valence-electron chi connectivity index (χ3n) is 3.60. The van der Waals surface area contributed by atoms with Crippen molar-refractivity contribution in [1.82, 2.24) is 20.8 Å². The van der Waals surface area contributed by atoms with Crippen molar-refractivity contribution >= 4 is 17.8 Å². The van der Waals surface area contributed by atoms with Crippen LogP contribution in [0, 0.1) is 17.8 Å². The van der Waals surface area contributed by atoms with Crippen LogP contribution >= 0.6 is 0 Å². The van der Waals surface area contributed by atoms with Crippen molar-refractivity contribution in [3.05, 3.63) is 41.8 Å². The summed E-state index contributed by atoms with van der Waals surface area (Å²) < 4.78 is 0. The number of nitrogens with two attached hydrogens (primary N) is 1. The highest BCUT2D eigenvalue weighted by Gasteiger charge is 2.26. The number of aliphatic hydroxyl groups is 1. The molecular formula is C17H19N5O4. The summed E-state index contributed by atoms with van der Waals surface area (Å²) in [6.07, 6.45) is 7.44. The SMILES string of the molecule is CC(O)C(NC(=O)C1=CCC(C#Cc2cnc(N)nc2)C=C1)C(=O)NO. The number of nitrogens with one attached hydrogen (secondary N) is 2. The molecule has 0 saturated heterocycles. The highest BCUT2D eigenvalue weighted by Crippen LogP contribution is 2.16. The number of amides is 2. The molecule has 1 aliphatic carbocycles. The molecule has 1 aromatic heterocycles. The molecule has 26 heavy (non-hydrogen) atoms. The summed E-state index contributed by atoms with van der Waals surface area (Å²) in [6.45, 7) is 1.33. The van der Waals surface area contributed by atoms with E-state index in [1.54, 1.807) is 18.2 Å². The zero-order valence-electron chi connectivity index (χ0n) is 14.0. The Hall–Kier alpha value is -3.22. The fourth-order valence-corrected chi connectivity index (χ4v) is 2.17. The van der Waals surface area contributed by atoms with Crippen molar-refractivity contribution in [3.63, 3.8) is 0 Å². The van der Waals surface area contributed by atoms with Gasteiger partial charge in [0.15, 0.2) is 0 Å². The summed E-state index contributed by atoms with van der Waals surface area (Å²) in [5.41, 5.74) is 7.80. The van der Waals surface area contributed by atoms with Crippen LogP contribution < -0.4 is 16.5 Å². The summed E-state index contributed by atoms with van der Waals surface area (Å²) in [4.78, 5) is 31.3. The molecule has 0 spiro atoms. The molecule has 0 radical (unpaired) electrons. The van der Waals surface area contributed by atoms with Crippen LogP contribution in [0.5, 0.6) is 0 Å². The van der Waals surface area contributed by atoms with Crippen LogP contribution in [0.1, 0.15) is 18.9 Å². The number of hydroxylamine groups is 1. The smallest absolute Gasteiger partial charge is 0.268 e. The Labute approximate surface area is 150 Å². The van der Waals surface area contributed by atoms with Crippen LogP contribution in [-0.2, 0) is 9.59 Å². The molecule has 3 atom stereocenters. The average Bonchev–Trinajstić information content (AvgIpc) is 2.65. The Morgan fingerprint density at radius 3 is 2.62 bits per heavy atom. The maximum absolute atomic E-state index is 12.2. The zero-order chi connectivity index (χ0) is 19.1. The van der Waals surface area contributed by atoms with E-state index >= 15 is 0 Å². The van der Waals surface area contributed by atoms with E-state index in [4.69, 9.17) is 10.9 Å². The lowest BCUT2D eigenvalue weighted by Crippen LogP contribution is -2.52. The predicted octanol–water partition coefficient (Wildman–Crippen LogP) is -0.716. The van der Waals surface area contributed by atoms with E-state index in [0.717, 1.165) is 0 Å². The lowest BCUT2D eigenvalue weighted by Gasteiger charge is -2.20. The second-order valence-electron chi connectivity index (χ2n) is 5.63. The van der Waals surface area contributed by atoms with Gasteiger partial charge in [0.1, 0.15) is 6.04 Å². The van der Waals surface area contributed by atoms with E-state index in [1.165, 1.54) is 24.8 Å². The second kappa shape index (κ2) is 8.75. The summed E-state index contributed by atoms with van der Waals surface area (Å²) >= 11 is 0. The van der Waals surface area contributed by atoms with Gasteiger partial charge < -0.3 is 16.2 Å². The third-order valence-corrected chi connectivity index (χ3v) is 3.60. The highest BCUT2D eigenvalue weighted by atomic mass is 16.5. The summed E-state index contributed by atoms with van der Waals surface area (Å²) in [6, 6.07) is -1.26. The molecule has 0 aliphatic heterocycles. The largest absolute Gasteiger partial charge is 0.391 e. The molecule has 1 aromatic rings. The Balaban J connectivity index is 1.97. The van der Waals surface area contributed by atoms with E-state index in [2.05, 4.69) is 27.1 Å². The van der Waals surface area contributed by atoms with Gasteiger partial charge in [-0.1, -0.05) is 30.1 Å². The number of allylic oxidation sites excluding steroid dienone is 2. The predicted molar refractivity (Wildman–Crippen MR) is 92.2 cm³/mol. The van der Waals surface area contributed by atoms with Crippen molar-refractivity contribution in [2.24, 2.45) is 5.92 Å². The zero-order valence-corrected chi connectivity index (χ0v) is 14.0. The quantitative estimate of drug-likeness (QED) is 0.271. The van der Waals surface area contributed by atoms with Crippen LogP contribution in [0.4, 0.5) is 5.95 Å². The maximum atomic E-state index is 12.2. The normalized spacial score (nSPS) is 18.0. The minimum absolute atomic E-state index is 0.0857. The fourth-order valence-electron chi connectivity index (χ4n) is 2.17. The molecule has 0 fully saturated rings. The Kier molecular flexibility index (Phi) is 6.43. The van der Waals surface area contributed by atoms with Gasteiger partial charge in [0, 0.05) is 23.9 Å². The van der Waals surface area contributed by atoms with Crippen molar-refractivity contribution in [2.45, 2.75) is 25.5 Å².